The summed E-state index contributed by atoms with van der Waals surface area (Å²) in [4.78, 5) is 54.9. The molecule has 2 amide bonds. The van der Waals surface area contributed by atoms with Gasteiger partial charge in [-0.1, -0.05) is 84.0 Å². The molecule has 13 nitrogen and oxygen atoms in total. The molecular weight excluding hydrogens is 694 g/mol. The van der Waals surface area contributed by atoms with Gasteiger partial charge in [0.1, 0.15) is 41.9 Å². The van der Waals surface area contributed by atoms with Gasteiger partial charge in [-0.25, -0.2) is 4.79 Å². The van der Waals surface area contributed by atoms with Gasteiger partial charge in [0, 0.05) is 12.5 Å². The predicted octanol–water partition coefficient (Wildman–Crippen LogP) is 5.49. The van der Waals surface area contributed by atoms with Crippen LogP contribution in [0.3, 0.4) is 0 Å². The molecule has 6 rings (SSSR count). The average Bonchev–Trinajstić information content (AvgIpc) is 3.55. The van der Waals surface area contributed by atoms with Gasteiger partial charge in [-0.3, -0.25) is 19.3 Å². The molecule has 1 aliphatic heterocycles. The normalized spacial score (nSPS) is 15.4. The highest BCUT2D eigenvalue weighted by molar-refractivity contribution is 5.97. The molecule has 0 aliphatic carbocycles. The van der Waals surface area contributed by atoms with Crippen molar-refractivity contribution in [1.82, 2.24) is 15.4 Å². The number of ether oxygens (including phenoxy) is 5. The number of aryl methyl sites for hydroxylation is 1. The number of carbonyl (C=O) groups excluding carboxylic acids is 4. The van der Waals surface area contributed by atoms with Gasteiger partial charge in [-0.2, -0.15) is 0 Å². The molecule has 5 aromatic rings. The molecule has 1 unspecified atom stereocenters. The lowest BCUT2D eigenvalue weighted by atomic mass is 9.95. The van der Waals surface area contributed by atoms with Crippen LogP contribution in [0.5, 0.6) is 17.2 Å². The number of amides is 2. The molecule has 0 spiro atoms. The summed E-state index contributed by atoms with van der Waals surface area (Å²) in [6.07, 6.45) is -1.59. The summed E-state index contributed by atoms with van der Waals surface area (Å²) in [7, 11) is 3.00. The number of methoxy groups -OCH3 is 2. The average molecular weight is 734 g/mol. The first-order chi connectivity index (χ1) is 26.2. The minimum Gasteiger partial charge on any atom is -0.496 e. The van der Waals surface area contributed by atoms with Crippen molar-refractivity contribution in [2.24, 2.45) is 0 Å². The van der Waals surface area contributed by atoms with E-state index < -0.39 is 42.1 Å². The Kier molecular flexibility index (Phi) is 11.6. The Labute approximate surface area is 311 Å². The molecule has 278 valence electrons. The number of hydrogen-bond donors (Lipinski definition) is 1. The predicted molar refractivity (Wildman–Crippen MR) is 194 cm³/mol. The van der Waals surface area contributed by atoms with Gasteiger partial charge in [0.15, 0.2) is 12.1 Å². The van der Waals surface area contributed by atoms with Crippen LogP contribution in [0.2, 0.25) is 0 Å². The Morgan fingerprint density at radius 2 is 1.44 bits per heavy atom. The van der Waals surface area contributed by atoms with Crippen molar-refractivity contribution in [2.45, 2.75) is 51.8 Å². The molecule has 1 aromatic heterocycles. The zero-order chi connectivity index (χ0) is 38.2. The summed E-state index contributed by atoms with van der Waals surface area (Å²) in [6.45, 7) is 3.09. The van der Waals surface area contributed by atoms with Gasteiger partial charge in [0.05, 0.1) is 26.2 Å². The molecule has 1 N–H and O–H groups in total. The fourth-order valence-electron chi connectivity index (χ4n) is 6.16. The van der Waals surface area contributed by atoms with Crippen molar-refractivity contribution in [3.8, 4) is 28.5 Å². The molecule has 54 heavy (non-hydrogen) atoms. The SMILES string of the molecule is COc1cccc(OC)c1-c1noc(C)c1CC(=O)N[C@H]1C(=O)N(C(C(=O)OCc2ccccc2)c2ccc(OCc3ccccc3)cc2)[C@@H]1OC(C)=O. The lowest BCUT2D eigenvalue weighted by Gasteiger charge is -2.48. The fraction of sp³-hybridized carbons (Fsp3) is 0.244. The Morgan fingerprint density at radius 3 is 2.04 bits per heavy atom. The topological polar surface area (TPSA) is 156 Å². The van der Waals surface area contributed by atoms with Gasteiger partial charge in [0.25, 0.3) is 5.91 Å². The van der Waals surface area contributed by atoms with Gasteiger partial charge in [-0.15, -0.1) is 0 Å². The minimum absolute atomic E-state index is 0.0632. The van der Waals surface area contributed by atoms with Crippen LogP contribution >= 0.6 is 0 Å². The molecule has 3 atom stereocenters. The first kappa shape index (κ1) is 37.1. The molecule has 1 saturated heterocycles. The van der Waals surface area contributed by atoms with Crippen LogP contribution in [0.25, 0.3) is 11.3 Å². The number of carbonyl (C=O) groups is 4. The van der Waals surface area contributed by atoms with E-state index >= 15 is 0 Å². The lowest BCUT2D eigenvalue weighted by Crippen LogP contribution is -2.73. The highest BCUT2D eigenvalue weighted by Gasteiger charge is 2.56. The van der Waals surface area contributed by atoms with E-state index in [-0.39, 0.29) is 13.0 Å². The summed E-state index contributed by atoms with van der Waals surface area (Å²) in [6, 6.07) is 27.9. The van der Waals surface area contributed by atoms with E-state index in [4.69, 9.17) is 28.2 Å². The molecule has 0 saturated carbocycles. The maximum Gasteiger partial charge on any atom is 0.334 e. The number of esters is 2. The maximum absolute atomic E-state index is 14.0. The first-order valence-electron chi connectivity index (χ1n) is 17.1. The van der Waals surface area contributed by atoms with Crippen LogP contribution in [0, 0.1) is 6.92 Å². The van der Waals surface area contributed by atoms with E-state index in [0.717, 1.165) is 16.0 Å². The minimum atomic E-state index is -1.33. The number of rotatable bonds is 15. The zero-order valence-corrected chi connectivity index (χ0v) is 30.1. The van der Waals surface area contributed by atoms with Crippen LogP contribution in [0.15, 0.2) is 108 Å². The third-order valence-corrected chi connectivity index (χ3v) is 8.84. The third kappa shape index (κ3) is 8.20. The standard InChI is InChI=1S/C41H39N3O10/c1-25-31(36(43-54-25)35-32(49-3)16-11-17-33(35)50-4)22-34(46)42-37-39(47)44(40(37)53-26(2)45)38(41(48)52-24-28-14-9-6-10-15-28)29-18-20-30(21-19-29)51-23-27-12-7-5-8-13-27/h5-21,37-38,40H,22-24H2,1-4H3,(H,42,46)/t37-,38?,40+/m0/s1. The van der Waals surface area contributed by atoms with Crippen LogP contribution in [0.4, 0.5) is 0 Å². The maximum atomic E-state index is 14.0. The van der Waals surface area contributed by atoms with Gasteiger partial charge >= 0.3 is 11.9 Å². The highest BCUT2D eigenvalue weighted by Crippen LogP contribution is 2.40. The number of nitrogens with one attached hydrogen (secondary N) is 1. The zero-order valence-electron chi connectivity index (χ0n) is 30.1. The van der Waals surface area contributed by atoms with Crippen molar-refractivity contribution < 1.29 is 47.4 Å². The second kappa shape index (κ2) is 16.8. The summed E-state index contributed by atoms with van der Waals surface area (Å²) in [5, 5.41) is 6.87. The number of likely N-dealkylation sites (tertiary alicyclic amines) is 1. The van der Waals surface area contributed by atoms with Crippen LogP contribution in [-0.2, 0) is 48.3 Å². The van der Waals surface area contributed by atoms with Gasteiger partial charge in [0.2, 0.25) is 12.1 Å². The summed E-state index contributed by atoms with van der Waals surface area (Å²) in [5.41, 5.74) is 3.33. The van der Waals surface area contributed by atoms with E-state index in [9.17, 15) is 19.2 Å². The molecule has 13 heteroatoms. The van der Waals surface area contributed by atoms with Gasteiger partial charge < -0.3 is 33.5 Å². The number of nitrogens with zero attached hydrogens (tertiary/aromatic N) is 2. The Balaban J connectivity index is 1.24. The molecular formula is C41H39N3O10. The number of aromatic nitrogens is 1. The smallest absolute Gasteiger partial charge is 0.334 e. The van der Waals surface area contributed by atoms with Crippen molar-refractivity contribution >= 4 is 23.8 Å². The number of benzene rings is 4. The third-order valence-electron chi connectivity index (χ3n) is 8.84. The van der Waals surface area contributed by atoms with Crippen molar-refractivity contribution in [1.29, 1.82) is 0 Å². The fourth-order valence-corrected chi connectivity index (χ4v) is 6.16. The second-order valence-corrected chi connectivity index (χ2v) is 12.4. The first-order valence-corrected chi connectivity index (χ1v) is 17.1. The molecule has 1 aliphatic rings. The quantitative estimate of drug-likeness (QED) is 0.107. The van der Waals surface area contributed by atoms with Crippen LogP contribution < -0.4 is 19.5 Å². The van der Waals surface area contributed by atoms with Crippen LogP contribution in [0.1, 0.15) is 41.0 Å². The van der Waals surface area contributed by atoms with Gasteiger partial charge in [-0.05, 0) is 47.9 Å². The van der Waals surface area contributed by atoms with E-state index in [1.807, 2.05) is 48.5 Å². The van der Waals surface area contributed by atoms with Crippen molar-refractivity contribution in [2.75, 3.05) is 14.2 Å². The Bertz CT molecular complexity index is 2080. The van der Waals surface area contributed by atoms with E-state index in [1.54, 1.807) is 61.5 Å². The molecule has 2 heterocycles. The summed E-state index contributed by atoms with van der Waals surface area (Å²) in [5.74, 6) is -0.937. The van der Waals surface area contributed by atoms with Crippen molar-refractivity contribution in [3.05, 3.63) is 131 Å². The molecule has 1 fully saturated rings. The summed E-state index contributed by atoms with van der Waals surface area (Å²) < 4.78 is 33.7. The van der Waals surface area contributed by atoms with Crippen LogP contribution in [-0.4, -0.2) is 60.3 Å². The Hall–Kier alpha value is -6.63. The van der Waals surface area contributed by atoms with E-state index in [2.05, 4.69) is 10.5 Å². The molecule has 4 aromatic carbocycles. The van der Waals surface area contributed by atoms with Crippen molar-refractivity contribution in [3.63, 3.8) is 0 Å². The lowest BCUT2D eigenvalue weighted by molar-refractivity contribution is -0.202. The second-order valence-electron chi connectivity index (χ2n) is 12.4. The Morgan fingerprint density at radius 1 is 0.833 bits per heavy atom. The molecule has 0 bridgehead atoms. The van der Waals surface area contributed by atoms with E-state index in [1.165, 1.54) is 21.1 Å². The van der Waals surface area contributed by atoms with E-state index in [0.29, 0.717) is 52.0 Å². The monoisotopic (exact) mass is 733 g/mol. The molecule has 0 radical (unpaired) electrons. The summed E-state index contributed by atoms with van der Waals surface area (Å²) >= 11 is 0. The largest absolute Gasteiger partial charge is 0.496 e. The highest BCUT2D eigenvalue weighted by atomic mass is 16.6. The number of hydrogen-bond acceptors (Lipinski definition) is 11. The number of β-lactam (4-membered cyclic amide) rings is 1.